The lowest BCUT2D eigenvalue weighted by atomic mass is 9.90. The molecule has 0 aliphatic carbocycles. The summed E-state index contributed by atoms with van der Waals surface area (Å²) in [4.78, 5) is 30.6. The zero-order chi connectivity index (χ0) is 27.7. The zero-order valence-electron chi connectivity index (χ0n) is 21.3. The number of amides is 1. The summed E-state index contributed by atoms with van der Waals surface area (Å²) in [7, 11) is 3.34. The van der Waals surface area contributed by atoms with Crippen molar-refractivity contribution in [3.05, 3.63) is 78.0 Å². The van der Waals surface area contributed by atoms with E-state index in [0.717, 1.165) is 12.1 Å². The third kappa shape index (κ3) is 5.47. The molecule has 202 valence electrons. The molecule has 1 aliphatic rings. The van der Waals surface area contributed by atoms with Crippen LogP contribution in [-0.4, -0.2) is 58.1 Å². The molecule has 12 heteroatoms. The average Bonchev–Trinajstić information content (AvgIpc) is 3.37. The van der Waals surface area contributed by atoms with Gasteiger partial charge in [-0.05, 0) is 49.4 Å². The zero-order valence-corrected chi connectivity index (χ0v) is 21.3. The Balaban J connectivity index is 1.47. The van der Waals surface area contributed by atoms with Gasteiger partial charge in [0.15, 0.2) is 17.5 Å². The van der Waals surface area contributed by atoms with Gasteiger partial charge in [0.25, 0.3) is 0 Å². The molecule has 1 fully saturated rings. The summed E-state index contributed by atoms with van der Waals surface area (Å²) in [5.41, 5.74) is 1.35. The number of hydrogen-bond acceptors (Lipinski definition) is 7. The van der Waals surface area contributed by atoms with E-state index < -0.39 is 29.2 Å². The number of benzene rings is 2. The highest BCUT2D eigenvalue weighted by Crippen LogP contribution is 2.36. The Labute approximate surface area is 222 Å². The lowest BCUT2D eigenvalue weighted by molar-refractivity contribution is -0.233. The van der Waals surface area contributed by atoms with Crippen LogP contribution < -0.4 is 5.32 Å². The Morgan fingerprint density at radius 2 is 1.74 bits per heavy atom. The molecule has 4 aromatic rings. The van der Waals surface area contributed by atoms with E-state index >= 15 is 0 Å². The molecule has 0 saturated carbocycles. The molecule has 2 aromatic heterocycles. The van der Waals surface area contributed by atoms with Gasteiger partial charge in [-0.1, -0.05) is 0 Å². The first-order valence-electron chi connectivity index (χ1n) is 12.0. The Bertz CT molecular complexity index is 1500. The van der Waals surface area contributed by atoms with Crippen LogP contribution in [0.4, 0.5) is 24.8 Å². The van der Waals surface area contributed by atoms with Gasteiger partial charge in [0.05, 0.1) is 35.7 Å². The second kappa shape index (κ2) is 10.5. The van der Waals surface area contributed by atoms with Crippen LogP contribution in [0.25, 0.3) is 22.6 Å². The molecule has 1 saturated heterocycles. The fourth-order valence-electron chi connectivity index (χ4n) is 4.20. The maximum absolute atomic E-state index is 13.7. The molecule has 39 heavy (non-hydrogen) atoms. The van der Waals surface area contributed by atoms with Crippen LogP contribution in [0.1, 0.15) is 19.0 Å². The molecule has 0 atom stereocenters. The van der Waals surface area contributed by atoms with E-state index in [1.165, 1.54) is 29.3 Å². The van der Waals surface area contributed by atoms with Crippen molar-refractivity contribution in [2.75, 3.05) is 32.6 Å². The number of anilines is 2. The molecule has 0 spiro atoms. The molecule has 5 rings (SSSR count). The minimum absolute atomic E-state index is 0.116. The number of ether oxygens (including phenoxy) is 2. The third-order valence-corrected chi connectivity index (χ3v) is 6.18. The van der Waals surface area contributed by atoms with Crippen LogP contribution in [-0.2, 0) is 14.3 Å². The fraction of sp³-hybridized carbons (Fsp3) is 0.259. The molecule has 0 unspecified atom stereocenters. The molecule has 3 heterocycles. The smallest absolute Gasteiger partial charge is 0.232 e. The van der Waals surface area contributed by atoms with E-state index in [1.807, 2.05) is 0 Å². The monoisotopic (exact) mass is 538 g/mol. The predicted octanol–water partition coefficient (Wildman–Crippen LogP) is 4.83. The van der Waals surface area contributed by atoms with Gasteiger partial charge in [0.1, 0.15) is 5.82 Å². The van der Waals surface area contributed by atoms with E-state index in [2.05, 4.69) is 25.3 Å². The van der Waals surface area contributed by atoms with Crippen molar-refractivity contribution in [2.24, 2.45) is 5.41 Å². The molecular weight excluding hydrogens is 513 g/mol. The minimum atomic E-state index is -1.01. The molecular formula is C27H25F3N6O3. The molecule has 2 N–H and O–H groups in total. The summed E-state index contributed by atoms with van der Waals surface area (Å²) in [5, 5.41) is 2.85. The van der Waals surface area contributed by atoms with Crippen LogP contribution in [0.15, 0.2) is 54.7 Å². The number of nitrogens with zero attached hydrogens (tertiary/aromatic N) is 4. The quantitative estimate of drug-likeness (QED) is 0.362. The van der Waals surface area contributed by atoms with Gasteiger partial charge in [-0.15, -0.1) is 0 Å². The summed E-state index contributed by atoms with van der Waals surface area (Å²) in [5.74, 6) is -2.04. The second-order valence-corrected chi connectivity index (χ2v) is 9.59. The molecule has 0 radical (unpaired) electrons. The van der Waals surface area contributed by atoms with Gasteiger partial charge < -0.3 is 24.7 Å². The van der Waals surface area contributed by atoms with Crippen LogP contribution >= 0.6 is 0 Å². The molecule has 1 amide bonds. The number of imidazole rings is 1. The maximum atomic E-state index is 13.7. The first-order chi connectivity index (χ1) is 18.6. The van der Waals surface area contributed by atoms with E-state index in [-0.39, 0.29) is 30.8 Å². The van der Waals surface area contributed by atoms with Crippen molar-refractivity contribution in [2.45, 2.75) is 13.2 Å². The number of hydrogen-bond donors (Lipinski definition) is 2. The van der Waals surface area contributed by atoms with Crippen LogP contribution in [0.3, 0.4) is 0 Å². The summed E-state index contributed by atoms with van der Waals surface area (Å²) in [6.45, 7) is 2.00. The van der Waals surface area contributed by atoms with E-state index in [4.69, 9.17) is 9.47 Å². The van der Waals surface area contributed by atoms with Crippen LogP contribution in [0, 0.1) is 22.9 Å². The van der Waals surface area contributed by atoms with Gasteiger partial charge in [0.2, 0.25) is 18.1 Å². The summed E-state index contributed by atoms with van der Waals surface area (Å²) in [6, 6.07) is 10.8. The maximum Gasteiger partial charge on any atom is 0.232 e. The van der Waals surface area contributed by atoms with Gasteiger partial charge in [-0.2, -0.15) is 0 Å². The largest absolute Gasteiger partial charge is 0.348 e. The topological polar surface area (TPSA) is 105 Å². The summed E-state index contributed by atoms with van der Waals surface area (Å²) in [6.07, 6.45) is 0.605. The SMILES string of the molecule is CN(C)C(=O)C1(C)COC(c2nc(-c3ccc(F)cc3)c(-c3ccnc(Nc4ccc(F)c(F)c4)n3)[nH]2)OC1. The molecule has 2 aromatic carbocycles. The Hall–Kier alpha value is -4.29. The summed E-state index contributed by atoms with van der Waals surface area (Å²) < 4.78 is 52.4. The highest BCUT2D eigenvalue weighted by Gasteiger charge is 2.41. The van der Waals surface area contributed by atoms with E-state index in [1.54, 1.807) is 39.2 Å². The first-order valence-corrected chi connectivity index (χ1v) is 12.0. The lowest BCUT2D eigenvalue weighted by Crippen LogP contribution is -2.48. The number of H-pyrrole nitrogens is 1. The third-order valence-electron chi connectivity index (χ3n) is 6.18. The number of rotatable bonds is 6. The number of aromatic amines is 1. The number of carbonyl (C=O) groups excluding carboxylic acids is 1. The summed E-state index contributed by atoms with van der Waals surface area (Å²) >= 11 is 0. The Kier molecular flexibility index (Phi) is 7.06. The second-order valence-electron chi connectivity index (χ2n) is 9.59. The number of halogens is 3. The van der Waals surface area contributed by atoms with Crippen molar-refractivity contribution >= 4 is 17.5 Å². The minimum Gasteiger partial charge on any atom is -0.348 e. The fourth-order valence-corrected chi connectivity index (χ4v) is 4.20. The first kappa shape index (κ1) is 26.3. The van der Waals surface area contributed by atoms with E-state index in [9.17, 15) is 18.0 Å². The van der Waals surface area contributed by atoms with Crippen LogP contribution in [0.5, 0.6) is 0 Å². The molecule has 9 nitrogen and oxygen atoms in total. The van der Waals surface area contributed by atoms with Crippen molar-refractivity contribution in [1.29, 1.82) is 0 Å². The normalized spacial score (nSPS) is 19.1. The van der Waals surface area contributed by atoms with Gasteiger partial charge >= 0.3 is 0 Å². The van der Waals surface area contributed by atoms with Crippen molar-refractivity contribution in [3.63, 3.8) is 0 Å². The average molecular weight is 539 g/mol. The highest BCUT2D eigenvalue weighted by molar-refractivity contribution is 5.82. The number of carbonyl (C=O) groups is 1. The lowest BCUT2D eigenvalue weighted by Gasteiger charge is -2.36. The highest BCUT2D eigenvalue weighted by atomic mass is 19.2. The van der Waals surface area contributed by atoms with Gasteiger partial charge in [-0.3, -0.25) is 4.79 Å². The molecule has 1 aliphatic heterocycles. The number of aromatic nitrogens is 4. The van der Waals surface area contributed by atoms with E-state index in [0.29, 0.717) is 28.5 Å². The van der Waals surface area contributed by atoms with Crippen molar-refractivity contribution < 1.29 is 27.4 Å². The Morgan fingerprint density at radius 1 is 1.03 bits per heavy atom. The van der Waals surface area contributed by atoms with Gasteiger partial charge in [-0.25, -0.2) is 28.1 Å². The molecule has 0 bridgehead atoms. The Morgan fingerprint density at radius 3 is 2.41 bits per heavy atom. The number of nitrogens with one attached hydrogen (secondary N) is 2. The van der Waals surface area contributed by atoms with Crippen molar-refractivity contribution in [3.8, 4) is 22.6 Å². The standard InChI is InChI=1S/C27H25F3N6O3/c1-27(25(37)36(2)3)13-38-24(39-14-27)23-34-21(15-4-6-16(28)7-5-15)22(35-23)20-10-11-31-26(33-20)32-17-8-9-18(29)19(30)12-17/h4-12,24H,13-14H2,1-3H3,(H,34,35)(H,31,32,33). The van der Waals surface area contributed by atoms with Crippen LogP contribution in [0.2, 0.25) is 0 Å². The van der Waals surface area contributed by atoms with Gasteiger partial charge in [0, 0.05) is 37.6 Å². The van der Waals surface area contributed by atoms with Crippen molar-refractivity contribution in [1.82, 2.24) is 24.8 Å². The predicted molar refractivity (Wildman–Crippen MR) is 136 cm³/mol.